The van der Waals surface area contributed by atoms with Crippen LogP contribution in [0.4, 0.5) is 5.13 Å². The third kappa shape index (κ3) is 5.38. The first-order chi connectivity index (χ1) is 15.4. The number of aryl methyl sites for hydroxylation is 2. The van der Waals surface area contributed by atoms with Gasteiger partial charge in [0, 0.05) is 26.7 Å². The van der Waals surface area contributed by atoms with Crippen molar-refractivity contribution in [2.24, 2.45) is 0 Å². The van der Waals surface area contributed by atoms with Crippen molar-refractivity contribution in [3.05, 3.63) is 27.2 Å². The number of methoxy groups -OCH3 is 1. The van der Waals surface area contributed by atoms with Crippen LogP contribution in [0, 0.1) is 18.3 Å². The quantitative estimate of drug-likeness (QED) is 0.493. The highest BCUT2D eigenvalue weighted by molar-refractivity contribution is 7.17. The van der Waals surface area contributed by atoms with Gasteiger partial charge in [0.25, 0.3) is 11.8 Å². The first kappa shape index (κ1) is 24.0. The molecule has 0 aromatic carbocycles. The number of carbonyl (C=O) groups excluding carboxylic acids is 2. The van der Waals surface area contributed by atoms with Crippen LogP contribution in [0.1, 0.15) is 51.4 Å². The van der Waals surface area contributed by atoms with Crippen LogP contribution in [-0.2, 0) is 11.2 Å². The van der Waals surface area contributed by atoms with E-state index in [-0.39, 0.29) is 36.2 Å². The summed E-state index contributed by atoms with van der Waals surface area (Å²) < 4.78 is 5.65. The maximum Gasteiger partial charge on any atom is 0.287 e. The van der Waals surface area contributed by atoms with Crippen LogP contribution in [0.3, 0.4) is 0 Å². The summed E-state index contributed by atoms with van der Waals surface area (Å²) in [6.45, 7) is 5.19. The number of nitrogens with zero attached hydrogens (tertiary/aromatic N) is 4. The van der Waals surface area contributed by atoms with E-state index in [2.05, 4.69) is 30.5 Å². The number of thiazole rings is 1. The number of hydrogen-bond donors (Lipinski definition) is 3. The number of hydrogen-bond acceptors (Lipinski definition) is 8. The summed E-state index contributed by atoms with van der Waals surface area (Å²) in [7, 11) is 1.60. The van der Waals surface area contributed by atoms with Gasteiger partial charge in [-0.1, -0.05) is 29.9 Å². The van der Waals surface area contributed by atoms with E-state index in [1.54, 1.807) is 14.0 Å². The Bertz CT molecular complexity index is 1020. The molecule has 0 radical (unpaired) electrons. The highest BCUT2D eigenvalue weighted by Crippen LogP contribution is 2.29. The molecule has 0 saturated carbocycles. The van der Waals surface area contributed by atoms with Gasteiger partial charge in [-0.15, -0.1) is 0 Å². The van der Waals surface area contributed by atoms with Crippen LogP contribution < -0.4 is 15.5 Å². The molecule has 3 heterocycles. The zero-order valence-corrected chi connectivity index (χ0v) is 19.8. The summed E-state index contributed by atoms with van der Waals surface area (Å²) >= 11 is 7.36. The van der Waals surface area contributed by atoms with Crippen molar-refractivity contribution < 1.29 is 14.3 Å². The molecule has 12 heteroatoms. The molecule has 2 atom stereocenters. The van der Waals surface area contributed by atoms with Crippen molar-refractivity contribution in [3.63, 3.8) is 0 Å². The number of aromatic amines is 1. The molecule has 0 aliphatic carbocycles. The van der Waals surface area contributed by atoms with Gasteiger partial charge in [-0.3, -0.25) is 9.59 Å². The monoisotopic (exact) mass is 479 g/mol. The number of imidazole rings is 1. The number of H-pyrrole nitrogens is 1. The molecule has 3 rings (SSSR count). The SMILES string of the molecule is CCc1[nH]c(C(=O)NC2CCN(c3nc(C)c(C(=O)NCCC#N)s3)CC2OC)nc1Cl. The molecule has 3 N–H and O–H groups in total. The largest absolute Gasteiger partial charge is 0.377 e. The maximum absolute atomic E-state index is 12.6. The van der Waals surface area contributed by atoms with Crippen LogP contribution in [-0.4, -0.2) is 65.7 Å². The van der Waals surface area contributed by atoms with Crippen LogP contribution >= 0.6 is 22.9 Å². The lowest BCUT2D eigenvalue weighted by Crippen LogP contribution is -2.55. The lowest BCUT2D eigenvalue weighted by atomic mass is 10.0. The van der Waals surface area contributed by atoms with E-state index in [9.17, 15) is 9.59 Å². The zero-order valence-electron chi connectivity index (χ0n) is 18.2. The third-order valence-corrected chi connectivity index (χ3v) is 6.79. The van der Waals surface area contributed by atoms with E-state index < -0.39 is 0 Å². The van der Waals surface area contributed by atoms with Crippen LogP contribution in [0.15, 0.2) is 0 Å². The summed E-state index contributed by atoms with van der Waals surface area (Å²) in [6.07, 6.45) is 1.29. The lowest BCUT2D eigenvalue weighted by molar-refractivity contribution is 0.0538. The van der Waals surface area contributed by atoms with E-state index in [4.69, 9.17) is 21.6 Å². The summed E-state index contributed by atoms with van der Waals surface area (Å²) in [6, 6.07) is 1.80. The Morgan fingerprint density at radius 2 is 2.19 bits per heavy atom. The van der Waals surface area contributed by atoms with E-state index in [1.165, 1.54) is 11.3 Å². The van der Waals surface area contributed by atoms with Crippen molar-refractivity contribution in [2.75, 3.05) is 31.6 Å². The normalized spacial score (nSPS) is 18.3. The minimum atomic E-state index is -0.325. The molecule has 1 saturated heterocycles. The van der Waals surface area contributed by atoms with Crippen molar-refractivity contribution >= 4 is 39.9 Å². The molecule has 0 spiro atoms. The molecule has 2 amide bonds. The minimum Gasteiger partial charge on any atom is -0.377 e. The Hall–Kier alpha value is -2.68. The molecular formula is C20H26ClN7O3S. The second-order valence-electron chi connectivity index (χ2n) is 7.37. The van der Waals surface area contributed by atoms with E-state index in [1.807, 2.05) is 13.0 Å². The Kier molecular flexibility index (Phi) is 8.06. The van der Waals surface area contributed by atoms with Gasteiger partial charge in [-0.05, 0) is 19.8 Å². The molecule has 1 aliphatic rings. The number of halogens is 1. The summed E-state index contributed by atoms with van der Waals surface area (Å²) in [5.74, 6) is -0.365. The van der Waals surface area contributed by atoms with Gasteiger partial charge in [0.1, 0.15) is 4.88 Å². The lowest BCUT2D eigenvalue weighted by Gasteiger charge is -2.37. The number of rotatable bonds is 8. The molecule has 2 unspecified atom stereocenters. The Labute approximate surface area is 195 Å². The minimum absolute atomic E-state index is 0.187. The van der Waals surface area contributed by atoms with Gasteiger partial charge in [-0.2, -0.15) is 5.26 Å². The van der Waals surface area contributed by atoms with Crippen molar-refractivity contribution in [2.45, 2.75) is 45.3 Å². The third-order valence-electron chi connectivity index (χ3n) is 5.26. The van der Waals surface area contributed by atoms with Crippen molar-refractivity contribution in [1.82, 2.24) is 25.6 Å². The highest BCUT2D eigenvalue weighted by atomic mass is 35.5. The number of ether oxygens (including phenoxy) is 1. The van der Waals surface area contributed by atoms with E-state index in [0.29, 0.717) is 48.2 Å². The van der Waals surface area contributed by atoms with Crippen LogP contribution in [0.2, 0.25) is 5.15 Å². The average Bonchev–Trinajstić information content (AvgIpc) is 3.36. The molecular weight excluding hydrogens is 454 g/mol. The van der Waals surface area contributed by atoms with Gasteiger partial charge in [-0.25, -0.2) is 9.97 Å². The Morgan fingerprint density at radius 3 is 2.84 bits per heavy atom. The first-order valence-electron chi connectivity index (χ1n) is 10.3. The predicted molar refractivity (Wildman–Crippen MR) is 121 cm³/mol. The number of anilines is 1. The first-order valence-corrected chi connectivity index (χ1v) is 11.5. The molecule has 172 valence electrons. The second kappa shape index (κ2) is 10.8. The van der Waals surface area contributed by atoms with Crippen LogP contribution in [0.5, 0.6) is 0 Å². The molecule has 2 aromatic rings. The number of nitriles is 1. The molecule has 0 bridgehead atoms. The topological polar surface area (TPSA) is 136 Å². The van der Waals surface area contributed by atoms with Gasteiger partial charge in [0.05, 0.1) is 36.0 Å². The standard InChI is InChI=1S/C20H26ClN7O3S/c1-4-12-16(21)27-17(25-12)19(30)26-13-6-9-28(10-14(13)31-3)20-24-11(2)15(32-20)18(29)23-8-5-7-22/h13-14H,4-6,8-10H2,1-3H3,(H,23,29)(H,25,27)(H,26,30). The van der Waals surface area contributed by atoms with Gasteiger partial charge >= 0.3 is 0 Å². The summed E-state index contributed by atoms with van der Waals surface area (Å²) in [4.78, 5) is 39.2. The van der Waals surface area contributed by atoms with E-state index >= 15 is 0 Å². The Balaban J connectivity index is 1.64. The van der Waals surface area contributed by atoms with Crippen molar-refractivity contribution in [1.29, 1.82) is 5.26 Å². The maximum atomic E-state index is 12.6. The molecule has 2 aromatic heterocycles. The van der Waals surface area contributed by atoms with Gasteiger partial charge < -0.3 is 25.3 Å². The molecule has 1 fully saturated rings. The fraction of sp³-hybridized carbons (Fsp3) is 0.550. The van der Waals surface area contributed by atoms with E-state index in [0.717, 1.165) is 10.8 Å². The molecule has 10 nitrogen and oxygen atoms in total. The van der Waals surface area contributed by atoms with Crippen LogP contribution in [0.25, 0.3) is 0 Å². The average molecular weight is 480 g/mol. The van der Waals surface area contributed by atoms with Gasteiger partial charge in [0.2, 0.25) is 0 Å². The van der Waals surface area contributed by atoms with Crippen molar-refractivity contribution in [3.8, 4) is 6.07 Å². The summed E-state index contributed by atoms with van der Waals surface area (Å²) in [5, 5.41) is 15.4. The zero-order chi connectivity index (χ0) is 23.3. The number of carbonyl (C=O) groups is 2. The summed E-state index contributed by atoms with van der Waals surface area (Å²) in [5.41, 5.74) is 1.37. The smallest absolute Gasteiger partial charge is 0.287 e. The number of aromatic nitrogens is 3. The Morgan fingerprint density at radius 1 is 1.41 bits per heavy atom. The molecule has 1 aliphatic heterocycles. The fourth-order valence-corrected chi connectivity index (χ4v) is 4.78. The van der Waals surface area contributed by atoms with Gasteiger partial charge in [0.15, 0.2) is 16.1 Å². The molecule has 32 heavy (non-hydrogen) atoms. The number of amides is 2. The highest BCUT2D eigenvalue weighted by Gasteiger charge is 2.33. The number of nitrogens with one attached hydrogen (secondary N) is 3. The number of piperidine rings is 1. The predicted octanol–water partition coefficient (Wildman–Crippen LogP) is 2.06. The fourth-order valence-electron chi connectivity index (χ4n) is 3.50. The second-order valence-corrected chi connectivity index (χ2v) is 8.71.